The predicted molar refractivity (Wildman–Crippen MR) is 60.5 cm³/mol. The first-order valence-electron chi connectivity index (χ1n) is 5.99. The first kappa shape index (κ1) is 12.0. The number of hydrogen-bond acceptors (Lipinski definition) is 2. The van der Waals surface area contributed by atoms with Crippen LogP contribution in [0.2, 0.25) is 0 Å². The zero-order chi connectivity index (χ0) is 10.4. The molecule has 2 nitrogen and oxygen atoms in total. The molecule has 0 bridgehead atoms. The van der Waals surface area contributed by atoms with Crippen molar-refractivity contribution < 1.29 is 4.74 Å². The molecule has 14 heavy (non-hydrogen) atoms. The molecule has 0 radical (unpaired) electrons. The Morgan fingerprint density at radius 2 is 1.86 bits per heavy atom. The Labute approximate surface area is 88.4 Å². The third kappa shape index (κ3) is 4.97. The number of hydrogen-bond donors (Lipinski definition) is 1. The zero-order valence-electron chi connectivity index (χ0n) is 9.88. The van der Waals surface area contributed by atoms with Crippen LogP contribution in [0.1, 0.15) is 40.0 Å². The standard InChI is InChI=1S/C12H25NO/c1-10(2)13-9-11(3)8-12-4-6-14-7-5-12/h10-13H,4-9H2,1-3H3. The van der Waals surface area contributed by atoms with Crippen LogP contribution in [0.5, 0.6) is 0 Å². The first-order chi connectivity index (χ1) is 6.68. The molecular formula is C12H25NO. The highest BCUT2D eigenvalue weighted by atomic mass is 16.5. The summed E-state index contributed by atoms with van der Waals surface area (Å²) in [4.78, 5) is 0. The topological polar surface area (TPSA) is 21.3 Å². The van der Waals surface area contributed by atoms with Crippen molar-refractivity contribution in [3.8, 4) is 0 Å². The fourth-order valence-electron chi connectivity index (χ4n) is 2.07. The lowest BCUT2D eigenvalue weighted by Gasteiger charge is -2.25. The molecule has 2 heteroatoms. The van der Waals surface area contributed by atoms with Gasteiger partial charge in [-0.15, -0.1) is 0 Å². The minimum absolute atomic E-state index is 0.618. The van der Waals surface area contributed by atoms with E-state index in [1.165, 1.54) is 19.3 Å². The van der Waals surface area contributed by atoms with E-state index in [2.05, 4.69) is 26.1 Å². The monoisotopic (exact) mass is 199 g/mol. The molecule has 1 fully saturated rings. The molecule has 0 saturated carbocycles. The van der Waals surface area contributed by atoms with Crippen LogP contribution in [0.4, 0.5) is 0 Å². The van der Waals surface area contributed by atoms with Crippen LogP contribution in [0.25, 0.3) is 0 Å². The number of rotatable bonds is 5. The summed E-state index contributed by atoms with van der Waals surface area (Å²) in [5, 5.41) is 3.50. The summed E-state index contributed by atoms with van der Waals surface area (Å²) >= 11 is 0. The Kier molecular flexibility index (Phi) is 5.49. The van der Waals surface area contributed by atoms with Gasteiger partial charge in [0, 0.05) is 19.3 Å². The van der Waals surface area contributed by atoms with Gasteiger partial charge in [0.25, 0.3) is 0 Å². The molecule has 1 atom stereocenters. The third-order valence-corrected chi connectivity index (χ3v) is 2.95. The molecule has 1 N–H and O–H groups in total. The van der Waals surface area contributed by atoms with E-state index in [0.29, 0.717) is 6.04 Å². The number of ether oxygens (including phenoxy) is 1. The van der Waals surface area contributed by atoms with Gasteiger partial charge in [-0.05, 0) is 37.6 Å². The maximum Gasteiger partial charge on any atom is 0.0468 e. The van der Waals surface area contributed by atoms with E-state index in [9.17, 15) is 0 Å². The second-order valence-corrected chi connectivity index (χ2v) is 4.96. The SMILES string of the molecule is CC(CNC(C)C)CC1CCOCC1. The highest BCUT2D eigenvalue weighted by Gasteiger charge is 2.16. The lowest BCUT2D eigenvalue weighted by atomic mass is 9.90. The Hall–Kier alpha value is -0.0800. The van der Waals surface area contributed by atoms with E-state index < -0.39 is 0 Å². The summed E-state index contributed by atoms with van der Waals surface area (Å²) in [6.45, 7) is 9.90. The van der Waals surface area contributed by atoms with Gasteiger partial charge in [-0.1, -0.05) is 20.8 Å². The van der Waals surface area contributed by atoms with Crippen LogP contribution in [0.3, 0.4) is 0 Å². The summed E-state index contributed by atoms with van der Waals surface area (Å²) in [5.74, 6) is 1.72. The molecule has 0 spiro atoms. The van der Waals surface area contributed by atoms with Crippen LogP contribution < -0.4 is 5.32 Å². The van der Waals surface area contributed by atoms with E-state index in [1.54, 1.807) is 0 Å². The summed E-state index contributed by atoms with van der Waals surface area (Å²) in [6, 6.07) is 0.618. The van der Waals surface area contributed by atoms with E-state index >= 15 is 0 Å². The first-order valence-corrected chi connectivity index (χ1v) is 5.99. The van der Waals surface area contributed by atoms with Gasteiger partial charge in [-0.2, -0.15) is 0 Å². The van der Waals surface area contributed by atoms with Gasteiger partial charge in [-0.3, -0.25) is 0 Å². The molecule has 0 aliphatic carbocycles. The van der Waals surface area contributed by atoms with Crippen LogP contribution in [-0.4, -0.2) is 25.8 Å². The third-order valence-electron chi connectivity index (χ3n) is 2.95. The zero-order valence-corrected chi connectivity index (χ0v) is 9.88. The molecule has 0 aromatic heterocycles. The lowest BCUT2D eigenvalue weighted by Crippen LogP contribution is -2.29. The van der Waals surface area contributed by atoms with Gasteiger partial charge >= 0.3 is 0 Å². The highest BCUT2D eigenvalue weighted by Crippen LogP contribution is 2.22. The Morgan fingerprint density at radius 3 is 2.43 bits per heavy atom. The van der Waals surface area contributed by atoms with Gasteiger partial charge in [0.2, 0.25) is 0 Å². The number of nitrogens with one attached hydrogen (secondary N) is 1. The van der Waals surface area contributed by atoms with Crippen LogP contribution in [0.15, 0.2) is 0 Å². The second kappa shape index (κ2) is 6.41. The smallest absolute Gasteiger partial charge is 0.0468 e. The molecule has 1 saturated heterocycles. The lowest BCUT2D eigenvalue weighted by molar-refractivity contribution is 0.0593. The average Bonchev–Trinajstić information content (AvgIpc) is 2.16. The summed E-state index contributed by atoms with van der Waals surface area (Å²) in [5.41, 5.74) is 0. The largest absolute Gasteiger partial charge is 0.381 e. The molecule has 0 aromatic carbocycles. The average molecular weight is 199 g/mol. The maximum atomic E-state index is 5.36. The van der Waals surface area contributed by atoms with Crippen molar-refractivity contribution >= 4 is 0 Å². The van der Waals surface area contributed by atoms with E-state index in [1.807, 2.05) is 0 Å². The van der Waals surface area contributed by atoms with Crippen LogP contribution in [0, 0.1) is 11.8 Å². The van der Waals surface area contributed by atoms with Crippen molar-refractivity contribution in [3.63, 3.8) is 0 Å². The molecule has 0 amide bonds. The van der Waals surface area contributed by atoms with Crippen molar-refractivity contribution in [2.45, 2.75) is 46.1 Å². The summed E-state index contributed by atoms with van der Waals surface area (Å²) < 4.78 is 5.36. The normalized spacial score (nSPS) is 21.4. The fraction of sp³-hybridized carbons (Fsp3) is 1.00. The summed E-state index contributed by atoms with van der Waals surface area (Å²) in [6.07, 6.45) is 3.90. The Morgan fingerprint density at radius 1 is 1.21 bits per heavy atom. The quantitative estimate of drug-likeness (QED) is 0.734. The molecule has 1 heterocycles. The predicted octanol–water partition coefficient (Wildman–Crippen LogP) is 2.44. The molecule has 1 aliphatic heterocycles. The molecule has 1 unspecified atom stereocenters. The van der Waals surface area contributed by atoms with Gasteiger partial charge in [-0.25, -0.2) is 0 Å². The molecular weight excluding hydrogens is 174 g/mol. The van der Waals surface area contributed by atoms with Crippen molar-refractivity contribution in [2.24, 2.45) is 11.8 Å². The van der Waals surface area contributed by atoms with Crippen LogP contribution >= 0.6 is 0 Å². The maximum absolute atomic E-state index is 5.36. The molecule has 1 aliphatic rings. The second-order valence-electron chi connectivity index (χ2n) is 4.96. The van der Waals surface area contributed by atoms with Gasteiger partial charge in [0.05, 0.1) is 0 Å². The van der Waals surface area contributed by atoms with Gasteiger partial charge < -0.3 is 10.1 Å². The van der Waals surface area contributed by atoms with E-state index in [-0.39, 0.29) is 0 Å². The molecule has 1 rings (SSSR count). The van der Waals surface area contributed by atoms with Crippen LogP contribution in [-0.2, 0) is 4.74 Å². The van der Waals surface area contributed by atoms with E-state index in [4.69, 9.17) is 4.74 Å². The van der Waals surface area contributed by atoms with Crippen molar-refractivity contribution in [2.75, 3.05) is 19.8 Å². The minimum Gasteiger partial charge on any atom is -0.381 e. The van der Waals surface area contributed by atoms with Crippen molar-refractivity contribution in [1.82, 2.24) is 5.32 Å². The fourth-order valence-corrected chi connectivity index (χ4v) is 2.07. The highest BCUT2D eigenvalue weighted by molar-refractivity contribution is 4.68. The van der Waals surface area contributed by atoms with Crippen molar-refractivity contribution in [3.05, 3.63) is 0 Å². The Balaban J connectivity index is 2.09. The van der Waals surface area contributed by atoms with Gasteiger partial charge in [0.15, 0.2) is 0 Å². The molecule has 0 aromatic rings. The van der Waals surface area contributed by atoms with E-state index in [0.717, 1.165) is 31.6 Å². The van der Waals surface area contributed by atoms with Crippen molar-refractivity contribution in [1.29, 1.82) is 0 Å². The molecule has 84 valence electrons. The summed E-state index contributed by atoms with van der Waals surface area (Å²) in [7, 11) is 0. The Bertz CT molecular complexity index is 141. The minimum atomic E-state index is 0.618. The van der Waals surface area contributed by atoms with Gasteiger partial charge in [0.1, 0.15) is 0 Å².